The van der Waals surface area contributed by atoms with Crippen LogP contribution < -0.4 is 5.73 Å². The Morgan fingerprint density at radius 2 is 2.27 bits per heavy atom. The summed E-state index contributed by atoms with van der Waals surface area (Å²) in [5, 5.41) is 11.7. The Bertz CT molecular complexity index is 490. The number of tetrazole rings is 1. The van der Waals surface area contributed by atoms with E-state index in [1.165, 1.54) is 5.56 Å². The summed E-state index contributed by atoms with van der Waals surface area (Å²) in [6.45, 7) is 0.629. The Morgan fingerprint density at radius 1 is 1.40 bits per heavy atom. The van der Waals surface area contributed by atoms with Crippen LogP contribution in [0.15, 0.2) is 24.3 Å². The lowest BCUT2D eigenvalue weighted by atomic mass is 9.91. The maximum atomic E-state index is 5.77. The van der Waals surface area contributed by atoms with Crippen molar-refractivity contribution >= 4 is 0 Å². The highest BCUT2D eigenvalue weighted by atomic mass is 15.5. The molecule has 15 heavy (non-hydrogen) atoms. The predicted molar refractivity (Wildman–Crippen MR) is 54.7 cm³/mol. The van der Waals surface area contributed by atoms with Crippen LogP contribution in [0.5, 0.6) is 0 Å². The molecule has 2 aromatic rings. The molecule has 0 saturated carbocycles. The van der Waals surface area contributed by atoms with Crippen molar-refractivity contribution in [1.29, 1.82) is 0 Å². The number of hydrogen-bond acceptors (Lipinski definition) is 4. The van der Waals surface area contributed by atoms with E-state index in [9.17, 15) is 0 Å². The van der Waals surface area contributed by atoms with Crippen molar-refractivity contribution in [3.8, 4) is 5.69 Å². The van der Waals surface area contributed by atoms with Crippen LogP contribution in [-0.4, -0.2) is 26.8 Å². The van der Waals surface area contributed by atoms with Gasteiger partial charge in [-0.1, -0.05) is 18.2 Å². The minimum absolute atomic E-state index is 0.333. The molecule has 0 radical (unpaired) electrons. The first-order valence-electron chi connectivity index (χ1n) is 4.97. The highest BCUT2D eigenvalue weighted by molar-refractivity contribution is 5.45. The number of rotatable bonds is 1. The molecule has 5 nitrogen and oxygen atoms in total. The topological polar surface area (TPSA) is 69.6 Å². The van der Waals surface area contributed by atoms with E-state index in [-0.39, 0.29) is 0 Å². The van der Waals surface area contributed by atoms with Gasteiger partial charge in [-0.25, -0.2) is 0 Å². The van der Waals surface area contributed by atoms with Crippen molar-refractivity contribution in [3.63, 3.8) is 0 Å². The molecule has 3 rings (SSSR count). The Morgan fingerprint density at radius 3 is 3.13 bits per heavy atom. The van der Waals surface area contributed by atoms with Crippen molar-refractivity contribution in [2.24, 2.45) is 5.73 Å². The van der Waals surface area contributed by atoms with Crippen LogP contribution in [0.4, 0.5) is 0 Å². The van der Waals surface area contributed by atoms with E-state index in [2.05, 4.69) is 21.6 Å². The van der Waals surface area contributed by atoms with Crippen LogP contribution in [0.25, 0.3) is 5.69 Å². The molecule has 0 spiro atoms. The van der Waals surface area contributed by atoms with Gasteiger partial charge in [0.2, 0.25) is 0 Å². The molecule has 1 atom stereocenters. The Kier molecular flexibility index (Phi) is 1.78. The average Bonchev–Trinajstić information content (AvgIpc) is 2.76. The maximum Gasteiger partial charge on any atom is 0.157 e. The van der Waals surface area contributed by atoms with Crippen LogP contribution in [0, 0.1) is 0 Å². The highest BCUT2D eigenvalue weighted by Gasteiger charge is 2.25. The Hall–Kier alpha value is -1.75. The van der Waals surface area contributed by atoms with Gasteiger partial charge in [0.1, 0.15) is 0 Å². The van der Waals surface area contributed by atoms with Crippen molar-refractivity contribution in [1.82, 2.24) is 20.2 Å². The van der Waals surface area contributed by atoms with E-state index in [1.807, 2.05) is 18.2 Å². The van der Waals surface area contributed by atoms with E-state index in [1.54, 1.807) is 4.68 Å². The summed E-state index contributed by atoms with van der Waals surface area (Å²) in [4.78, 5) is 0. The lowest BCUT2D eigenvalue weighted by Crippen LogP contribution is -2.23. The fourth-order valence-electron chi connectivity index (χ4n) is 2.09. The molecule has 0 amide bonds. The SMILES string of the molecule is NCC1Cc2nnnn2-c2ccccc21. The largest absolute Gasteiger partial charge is 0.330 e. The van der Waals surface area contributed by atoms with E-state index in [4.69, 9.17) is 5.73 Å². The van der Waals surface area contributed by atoms with Crippen LogP contribution in [0.1, 0.15) is 17.3 Å². The second-order valence-electron chi connectivity index (χ2n) is 3.70. The number of nitrogens with zero attached hydrogens (tertiary/aromatic N) is 4. The van der Waals surface area contributed by atoms with Gasteiger partial charge in [-0.05, 0) is 28.6 Å². The molecule has 1 aromatic carbocycles. The van der Waals surface area contributed by atoms with Gasteiger partial charge in [0.05, 0.1) is 5.69 Å². The van der Waals surface area contributed by atoms with Crippen LogP contribution in [0.2, 0.25) is 0 Å². The zero-order chi connectivity index (χ0) is 10.3. The van der Waals surface area contributed by atoms with Crippen molar-refractivity contribution in [3.05, 3.63) is 35.7 Å². The molecule has 2 N–H and O–H groups in total. The predicted octanol–water partition coefficient (Wildman–Crippen LogP) is 0.261. The van der Waals surface area contributed by atoms with Gasteiger partial charge >= 0.3 is 0 Å². The molecule has 0 fully saturated rings. The van der Waals surface area contributed by atoms with Gasteiger partial charge in [0.15, 0.2) is 5.82 Å². The molecular weight excluding hydrogens is 190 g/mol. The summed E-state index contributed by atoms with van der Waals surface area (Å²) >= 11 is 0. The summed E-state index contributed by atoms with van der Waals surface area (Å²) in [7, 11) is 0. The minimum atomic E-state index is 0.333. The van der Waals surface area contributed by atoms with Crippen LogP contribution in [0.3, 0.4) is 0 Å². The number of aromatic nitrogens is 4. The van der Waals surface area contributed by atoms with E-state index < -0.39 is 0 Å². The Balaban J connectivity index is 2.24. The number of para-hydroxylation sites is 1. The molecular formula is C10H11N5. The molecule has 1 unspecified atom stereocenters. The maximum absolute atomic E-state index is 5.77. The van der Waals surface area contributed by atoms with E-state index >= 15 is 0 Å². The summed E-state index contributed by atoms with van der Waals surface area (Å²) in [6, 6.07) is 8.13. The molecule has 0 bridgehead atoms. The minimum Gasteiger partial charge on any atom is -0.330 e. The van der Waals surface area contributed by atoms with Crippen LogP contribution >= 0.6 is 0 Å². The van der Waals surface area contributed by atoms with E-state index in [0.717, 1.165) is 17.9 Å². The third-order valence-electron chi connectivity index (χ3n) is 2.85. The molecule has 1 aliphatic heterocycles. The normalized spacial score (nSPS) is 18.3. The highest BCUT2D eigenvalue weighted by Crippen LogP contribution is 2.30. The first-order valence-corrected chi connectivity index (χ1v) is 4.97. The lowest BCUT2D eigenvalue weighted by molar-refractivity contribution is 0.606. The molecule has 2 heterocycles. The molecule has 76 valence electrons. The number of nitrogens with two attached hydrogens (primary N) is 1. The smallest absolute Gasteiger partial charge is 0.157 e. The third kappa shape index (κ3) is 1.16. The fourth-order valence-corrected chi connectivity index (χ4v) is 2.09. The molecule has 0 aliphatic carbocycles. The first kappa shape index (κ1) is 8.55. The van der Waals surface area contributed by atoms with Crippen LogP contribution in [-0.2, 0) is 6.42 Å². The summed E-state index contributed by atoms with van der Waals surface area (Å²) in [5.74, 6) is 1.23. The first-order chi connectivity index (χ1) is 7.40. The lowest BCUT2D eigenvalue weighted by Gasteiger charge is -2.23. The van der Waals surface area contributed by atoms with Crippen molar-refractivity contribution in [2.45, 2.75) is 12.3 Å². The summed E-state index contributed by atoms with van der Waals surface area (Å²) < 4.78 is 1.79. The standard InChI is InChI=1S/C10H11N5/c11-6-7-5-10-12-13-14-15(10)9-4-2-1-3-8(7)9/h1-4,7H,5-6,11H2. The molecule has 5 heteroatoms. The summed E-state index contributed by atoms with van der Waals surface area (Å²) in [5.41, 5.74) is 8.06. The van der Waals surface area contributed by atoms with Gasteiger partial charge in [-0.15, -0.1) is 5.10 Å². The van der Waals surface area contributed by atoms with Gasteiger partial charge in [0, 0.05) is 12.3 Å². The Labute approximate surface area is 86.9 Å². The molecule has 0 saturated heterocycles. The van der Waals surface area contributed by atoms with Crippen molar-refractivity contribution in [2.75, 3.05) is 6.54 Å². The summed E-state index contributed by atoms with van der Waals surface area (Å²) in [6.07, 6.45) is 0.820. The molecule has 1 aliphatic rings. The average molecular weight is 201 g/mol. The monoisotopic (exact) mass is 201 g/mol. The van der Waals surface area contributed by atoms with Crippen molar-refractivity contribution < 1.29 is 0 Å². The molecule has 1 aromatic heterocycles. The van der Waals surface area contributed by atoms with E-state index in [0.29, 0.717) is 12.5 Å². The van der Waals surface area contributed by atoms with Gasteiger partial charge in [-0.3, -0.25) is 0 Å². The number of benzene rings is 1. The second-order valence-corrected chi connectivity index (χ2v) is 3.70. The fraction of sp³-hybridized carbons (Fsp3) is 0.300. The van der Waals surface area contributed by atoms with Gasteiger partial charge in [0.25, 0.3) is 0 Å². The van der Waals surface area contributed by atoms with Gasteiger partial charge < -0.3 is 5.73 Å². The number of fused-ring (bicyclic) bond motifs is 3. The third-order valence-corrected chi connectivity index (χ3v) is 2.85. The zero-order valence-corrected chi connectivity index (χ0v) is 8.17. The second kappa shape index (κ2) is 3.13. The quantitative estimate of drug-likeness (QED) is 0.718. The van der Waals surface area contributed by atoms with Gasteiger partial charge in [-0.2, -0.15) is 4.68 Å². The zero-order valence-electron chi connectivity index (χ0n) is 8.17. The number of hydrogen-bond donors (Lipinski definition) is 1.